The fourth-order valence-electron chi connectivity index (χ4n) is 3.36. The van der Waals surface area contributed by atoms with E-state index in [9.17, 15) is 8.78 Å². The highest BCUT2D eigenvalue weighted by atomic mass is 19.1. The molecule has 3 rings (SSSR count). The van der Waals surface area contributed by atoms with E-state index >= 15 is 0 Å². The SMILES string of the molecule is CN=C(NCCc1cc(F)cc(F)c1)N1CCC(c2ccccc2)C1. The van der Waals surface area contributed by atoms with Gasteiger partial charge in [0.15, 0.2) is 5.96 Å². The fourth-order valence-corrected chi connectivity index (χ4v) is 3.36. The Balaban J connectivity index is 1.53. The van der Waals surface area contributed by atoms with E-state index in [4.69, 9.17) is 0 Å². The van der Waals surface area contributed by atoms with Crippen LogP contribution in [0.4, 0.5) is 8.78 Å². The van der Waals surface area contributed by atoms with Crippen molar-refractivity contribution in [1.82, 2.24) is 10.2 Å². The number of guanidine groups is 1. The van der Waals surface area contributed by atoms with Gasteiger partial charge in [0.2, 0.25) is 0 Å². The van der Waals surface area contributed by atoms with Gasteiger partial charge in [-0.1, -0.05) is 30.3 Å². The summed E-state index contributed by atoms with van der Waals surface area (Å²) in [5.41, 5.74) is 2.00. The van der Waals surface area contributed by atoms with Crippen molar-refractivity contribution in [3.05, 3.63) is 71.3 Å². The van der Waals surface area contributed by atoms with Crippen molar-refractivity contribution in [3.63, 3.8) is 0 Å². The number of likely N-dealkylation sites (tertiary alicyclic amines) is 1. The average molecular weight is 343 g/mol. The largest absolute Gasteiger partial charge is 0.356 e. The number of hydrogen-bond acceptors (Lipinski definition) is 1. The van der Waals surface area contributed by atoms with E-state index in [-0.39, 0.29) is 0 Å². The van der Waals surface area contributed by atoms with E-state index in [1.54, 1.807) is 7.05 Å². The first-order chi connectivity index (χ1) is 12.2. The Labute approximate surface area is 147 Å². The van der Waals surface area contributed by atoms with Crippen molar-refractivity contribution in [2.24, 2.45) is 4.99 Å². The van der Waals surface area contributed by atoms with E-state index in [0.717, 1.165) is 31.5 Å². The van der Waals surface area contributed by atoms with Gasteiger partial charge in [-0.25, -0.2) is 8.78 Å². The van der Waals surface area contributed by atoms with Gasteiger partial charge in [0, 0.05) is 38.7 Å². The van der Waals surface area contributed by atoms with Gasteiger partial charge in [-0.2, -0.15) is 0 Å². The molecule has 1 unspecified atom stereocenters. The van der Waals surface area contributed by atoms with Crippen LogP contribution in [0.5, 0.6) is 0 Å². The highest BCUT2D eigenvalue weighted by molar-refractivity contribution is 5.80. The lowest BCUT2D eigenvalue weighted by atomic mass is 9.99. The molecule has 1 N–H and O–H groups in total. The fraction of sp³-hybridized carbons (Fsp3) is 0.350. The highest BCUT2D eigenvalue weighted by Gasteiger charge is 2.25. The van der Waals surface area contributed by atoms with Crippen LogP contribution in [0.3, 0.4) is 0 Å². The Hall–Kier alpha value is -2.43. The summed E-state index contributed by atoms with van der Waals surface area (Å²) < 4.78 is 26.5. The van der Waals surface area contributed by atoms with Crippen molar-refractivity contribution in [2.45, 2.75) is 18.8 Å². The normalized spacial score (nSPS) is 17.8. The van der Waals surface area contributed by atoms with Gasteiger partial charge in [0.1, 0.15) is 11.6 Å². The van der Waals surface area contributed by atoms with Gasteiger partial charge < -0.3 is 10.2 Å². The minimum atomic E-state index is -0.537. The lowest BCUT2D eigenvalue weighted by Crippen LogP contribution is -2.40. The highest BCUT2D eigenvalue weighted by Crippen LogP contribution is 2.26. The van der Waals surface area contributed by atoms with Crippen LogP contribution in [0.25, 0.3) is 0 Å². The molecule has 0 radical (unpaired) electrons. The number of benzene rings is 2. The van der Waals surface area contributed by atoms with Gasteiger partial charge in [-0.05, 0) is 36.1 Å². The first-order valence-electron chi connectivity index (χ1n) is 8.61. The van der Waals surface area contributed by atoms with E-state index < -0.39 is 11.6 Å². The summed E-state index contributed by atoms with van der Waals surface area (Å²) in [7, 11) is 1.76. The van der Waals surface area contributed by atoms with Gasteiger partial charge >= 0.3 is 0 Å². The van der Waals surface area contributed by atoms with Crippen molar-refractivity contribution in [1.29, 1.82) is 0 Å². The molecule has 1 atom stereocenters. The van der Waals surface area contributed by atoms with E-state index in [1.807, 2.05) is 6.07 Å². The van der Waals surface area contributed by atoms with Crippen LogP contribution in [-0.4, -0.2) is 37.5 Å². The number of nitrogens with zero attached hydrogens (tertiary/aromatic N) is 2. The number of rotatable bonds is 4. The van der Waals surface area contributed by atoms with E-state index in [0.29, 0.717) is 24.4 Å². The van der Waals surface area contributed by atoms with Crippen molar-refractivity contribution in [3.8, 4) is 0 Å². The molecule has 0 saturated carbocycles. The molecule has 2 aromatic carbocycles. The molecular weight excluding hydrogens is 320 g/mol. The Morgan fingerprint density at radius 1 is 1.16 bits per heavy atom. The summed E-state index contributed by atoms with van der Waals surface area (Å²) in [4.78, 5) is 6.59. The molecule has 0 aliphatic carbocycles. The maximum Gasteiger partial charge on any atom is 0.193 e. The minimum absolute atomic E-state index is 0.511. The lowest BCUT2D eigenvalue weighted by Gasteiger charge is -2.22. The molecular formula is C20H23F2N3. The molecule has 1 aliphatic heterocycles. The summed E-state index contributed by atoms with van der Waals surface area (Å²) in [6, 6.07) is 14.2. The van der Waals surface area contributed by atoms with Gasteiger partial charge in [-0.15, -0.1) is 0 Å². The molecule has 3 nitrogen and oxygen atoms in total. The summed E-state index contributed by atoms with van der Waals surface area (Å²) in [5, 5.41) is 3.30. The first kappa shape index (κ1) is 17.4. The lowest BCUT2D eigenvalue weighted by molar-refractivity contribution is 0.486. The third kappa shape index (κ3) is 4.56. The zero-order valence-electron chi connectivity index (χ0n) is 14.4. The standard InChI is InChI=1S/C20H23F2N3/c1-23-20(24-9-7-15-11-18(21)13-19(22)12-15)25-10-8-17(14-25)16-5-3-2-4-6-16/h2-6,11-13,17H,7-10,14H2,1H3,(H,23,24). The van der Waals surface area contributed by atoms with Crippen LogP contribution in [-0.2, 0) is 6.42 Å². The Morgan fingerprint density at radius 3 is 2.56 bits per heavy atom. The van der Waals surface area contributed by atoms with Gasteiger partial charge in [0.25, 0.3) is 0 Å². The summed E-state index contributed by atoms with van der Waals surface area (Å²) >= 11 is 0. The molecule has 0 amide bonds. The summed E-state index contributed by atoms with van der Waals surface area (Å²) in [6.45, 7) is 2.47. The summed E-state index contributed by atoms with van der Waals surface area (Å²) in [5.74, 6) is 0.279. The Bertz CT molecular complexity index is 711. The molecule has 1 heterocycles. The zero-order valence-corrected chi connectivity index (χ0v) is 14.4. The third-order valence-corrected chi connectivity index (χ3v) is 4.59. The van der Waals surface area contributed by atoms with Crippen LogP contribution in [0, 0.1) is 11.6 Å². The van der Waals surface area contributed by atoms with Crippen molar-refractivity contribution in [2.75, 3.05) is 26.7 Å². The van der Waals surface area contributed by atoms with Crippen molar-refractivity contribution >= 4 is 5.96 Å². The molecule has 1 fully saturated rings. The monoisotopic (exact) mass is 343 g/mol. The first-order valence-corrected chi connectivity index (χ1v) is 8.61. The second-order valence-electron chi connectivity index (χ2n) is 6.34. The predicted molar refractivity (Wildman–Crippen MR) is 96.8 cm³/mol. The Morgan fingerprint density at radius 2 is 1.88 bits per heavy atom. The molecule has 132 valence electrons. The zero-order chi connectivity index (χ0) is 17.6. The maximum absolute atomic E-state index is 13.2. The Kier molecular flexibility index (Phi) is 5.64. The molecule has 1 aliphatic rings. The molecule has 0 aromatic heterocycles. The number of hydrogen-bond donors (Lipinski definition) is 1. The average Bonchev–Trinajstić information content (AvgIpc) is 3.08. The maximum atomic E-state index is 13.2. The van der Waals surface area contributed by atoms with Crippen LogP contribution in [0.2, 0.25) is 0 Å². The molecule has 5 heteroatoms. The van der Waals surface area contributed by atoms with Crippen LogP contribution in [0.1, 0.15) is 23.5 Å². The van der Waals surface area contributed by atoms with Crippen LogP contribution < -0.4 is 5.32 Å². The molecule has 25 heavy (non-hydrogen) atoms. The summed E-state index contributed by atoms with van der Waals surface area (Å²) in [6.07, 6.45) is 1.64. The third-order valence-electron chi connectivity index (χ3n) is 4.59. The van der Waals surface area contributed by atoms with Crippen molar-refractivity contribution < 1.29 is 8.78 Å². The quantitative estimate of drug-likeness (QED) is 0.679. The number of nitrogens with one attached hydrogen (secondary N) is 1. The second kappa shape index (κ2) is 8.10. The van der Waals surface area contributed by atoms with E-state index in [2.05, 4.69) is 39.5 Å². The van der Waals surface area contributed by atoms with Gasteiger partial charge in [0.05, 0.1) is 0 Å². The topological polar surface area (TPSA) is 27.6 Å². The van der Waals surface area contributed by atoms with Crippen LogP contribution in [0.15, 0.2) is 53.5 Å². The second-order valence-corrected chi connectivity index (χ2v) is 6.34. The number of halogens is 2. The smallest absolute Gasteiger partial charge is 0.193 e. The molecule has 1 saturated heterocycles. The number of aliphatic imine (C=N–C) groups is 1. The van der Waals surface area contributed by atoms with Gasteiger partial charge in [-0.3, -0.25) is 4.99 Å². The van der Waals surface area contributed by atoms with Crippen LogP contribution >= 0.6 is 0 Å². The minimum Gasteiger partial charge on any atom is -0.356 e. The predicted octanol–water partition coefficient (Wildman–Crippen LogP) is 3.57. The van der Waals surface area contributed by atoms with E-state index in [1.165, 1.54) is 17.7 Å². The molecule has 0 spiro atoms. The molecule has 2 aromatic rings. The molecule has 0 bridgehead atoms.